The lowest BCUT2D eigenvalue weighted by Crippen LogP contribution is -2.30. The van der Waals surface area contributed by atoms with E-state index in [1.807, 2.05) is 0 Å². The summed E-state index contributed by atoms with van der Waals surface area (Å²) in [5.74, 6) is -0.894. The van der Waals surface area contributed by atoms with Crippen LogP contribution in [0.1, 0.15) is 329 Å². The van der Waals surface area contributed by atoms with Gasteiger partial charge in [-0.1, -0.05) is 279 Å². The first-order valence-corrected chi connectivity index (χ1v) is 33.1. The Balaban J connectivity index is 4.36. The number of hydrogen-bond acceptors (Lipinski definition) is 6. The first-order chi connectivity index (χ1) is 38.0. The minimum atomic E-state index is -0.789. The van der Waals surface area contributed by atoms with Crippen LogP contribution in [0.15, 0.2) is 85.1 Å². The van der Waals surface area contributed by atoms with E-state index >= 15 is 0 Å². The van der Waals surface area contributed by atoms with Crippen LogP contribution in [-0.2, 0) is 28.6 Å². The van der Waals surface area contributed by atoms with E-state index in [-0.39, 0.29) is 31.1 Å². The zero-order chi connectivity index (χ0) is 55.7. The molecule has 0 aliphatic rings. The van der Waals surface area contributed by atoms with Gasteiger partial charge in [-0.15, -0.1) is 0 Å². The number of hydrogen-bond donors (Lipinski definition) is 0. The lowest BCUT2D eigenvalue weighted by molar-refractivity contribution is -0.167. The van der Waals surface area contributed by atoms with Crippen molar-refractivity contribution in [3.63, 3.8) is 0 Å². The van der Waals surface area contributed by atoms with Crippen LogP contribution in [0.25, 0.3) is 0 Å². The van der Waals surface area contributed by atoms with Crippen molar-refractivity contribution in [3.8, 4) is 0 Å². The van der Waals surface area contributed by atoms with Gasteiger partial charge in [-0.2, -0.15) is 0 Å². The minimum Gasteiger partial charge on any atom is -0.462 e. The van der Waals surface area contributed by atoms with E-state index < -0.39 is 6.10 Å². The number of unbranched alkanes of at least 4 members (excludes halogenated alkanes) is 35. The summed E-state index contributed by atoms with van der Waals surface area (Å²) in [7, 11) is 0. The molecule has 0 rings (SSSR count). The molecule has 0 amide bonds. The van der Waals surface area contributed by atoms with E-state index in [4.69, 9.17) is 14.2 Å². The van der Waals surface area contributed by atoms with E-state index in [9.17, 15) is 14.4 Å². The van der Waals surface area contributed by atoms with Crippen LogP contribution in [0.4, 0.5) is 0 Å². The van der Waals surface area contributed by atoms with Gasteiger partial charge in [-0.3, -0.25) is 14.4 Å². The highest BCUT2D eigenvalue weighted by Gasteiger charge is 2.19. The quantitative estimate of drug-likeness (QED) is 0.0261. The molecule has 0 aromatic heterocycles. The second-order valence-corrected chi connectivity index (χ2v) is 22.0. The summed E-state index contributed by atoms with van der Waals surface area (Å²) in [6.07, 6.45) is 85.9. The summed E-state index contributed by atoms with van der Waals surface area (Å²) in [5, 5.41) is 0. The third-order valence-electron chi connectivity index (χ3n) is 14.4. The number of carbonyl (C=O) groups is 3. The summed E-state index contributed by atoms with van der Waals surface area (Å²) in [6, 6.07) is 0. The zero-order valence-corrected chi connectivity index (χ0v) is 51.0. The number of allylic oxidation sites excluding steroid dienone is 14. The number of ether oxygens (including phenoxy) is 3. The molecule has 444 valence electrons. The maximum Gasteiger partial charge on any atom is 0.306 e. The molecule has 6 nitrogen and oxygen atoms in total. The summed E-state index contributed by atoms with van der Waals surface area (Å²) in [6.45, 7) is 6.52. The van der Waals surface area contributed by atoms with Gasteiger partial charge in [-0.25, -0.2) is 0 Å². The fourth-order valence-corrected chi connectivity index (χ4v) is 9.40. The Morgan fingerprint density at radius 3 is 0.792 bits per heavy atom. The number of carbonyl (C=O) groups excluding carboxylic acids is 3. The second-order valence-electron chi connectivity index (χ2n) is 22.0. The van der Waals surface area contributed by atoms with Crippen molar-refractivity contribution in [2.45, 2.75) is 335 Å². The van der Waals surface area contributed by atoms with Gasteiger partial charge in [0.05, 0.1) is 0 Å². The predicted octanol–water partition coefficient (Wildman–Crippen LogP) is 22.7. The average Bonchev–Trinajstić information content (AvgIpc) is 3.43. The SMILES string of the molecule is CC/C=C\C/C=C\C/C=C\CCCCCCCC(=O)OCC(COC(=O)CCCCCCCCCCCCC/C=C\C/C=C\CCCCCCC)OC(=O)CCCCCCCCCCC/C=C\C/C=C\CCCCCCC. The molecule has 77 heavy (non-hydrogen) atoms. The van der Waals surface area contributed by atoms with Crippen molar-refractivity contribution in [1.29, 1.82) is 0 Å². The van der Waals surface area contributed by atoms with Crippen LogP contribution in [0, 0.1) is 0 Å². The van der Waals surface area contributed by atoms with Crippen LogP contribution < -0.4 is 0 Å². The molecule has 0 saturated carbocycles. The molecule has 0 bridgehead atoms. The van der Waals surface area contributed by atoms with Crippen LogP contribution in [0.2, 0.25) is 0 Å². The van der Waals surface area contributed by atoms with Gasteiger partial charge in [0.2, 0.25) is 0 Å². The molecule has 0 N–H and O–H groups in total. The van der Waals surface area contributed by atoms with E-state index in [0.717, 1.165) is 109 Å². The number of esters is 3. The molecule has 0 radical (unpaired) electrons. The Labute approximate surface area is 477 Å². The highest BCUT2D eigenvalue weighted by atomic mass is 16.6. The molecule has 0 heterocycles. The van der Waals surface area contributed by atoms with Crippen molar-refractivity contribution in [1.82, 2.24) is 0 Å². The summed E-state index contributed by atoms with van der Waals surface area (Å²) in [5.41, 5.74) is 0. The smallest absolute Gasteiger partial charge is 0.306 e. The molecule has 0 spiro atoms. The first kappa shape index (κ1) is 73.6. The van der Waals surface area contributed by atoms with Crippen LogP contribution >= 0.6 is 0 Å². The Morgan fingerprint density at radius 1 is 0.273 bits per heavy atom. The highest BCUT2D eigenvalue weighted by molar-refractivity contribution is 5.71. The molecular formula is C71H124O6. The largest absolute Gasteiger partial charge is 0.462 e. The molecular weight excluding hydrogens is 949 g/mol. The Kier molecular flexibility index (Phi) is 62.2. The molecule has 0 aliphatic heterocycles. The van der Waals surface area contributed by atoms with E-state index in [1.54, 1.807) is 0 Å². The molecule has 0 saturated heterocycles. The Bertz CT molecular complexity index is 1470. The normalized spacial score (nSPS) is 12.6. The van der Waals surface area contributed by atoms with Crippen molar-refractivity contribution in [2.75, 3.05) is 13.2 Å². The topological polar surface area (TPSA) is 78.9 Å². The molecule has 1 unspecified atom stereocenters. The van der Waals surface area contributed by atoms with Crippen LogP contribution in [0.5, 0.6) is 0 Å². The van der Waals surface area contributed by atoms with Crippen molar-refractivity contribution in [2.24, 2.45) is 0 Å². The van der Waals surface area contributed by atoms with Gasteiger partial charge in [0.1, 0.15) is 13.2 Å². The lowest BCUT2D eigenvalue weighted by atomic mass is 10.0. The van der Waals surface area contributed by atoms with E-state index in [2.05, 4.69) is 106 Å². The first-order valence-electron chi connectivity index (χ1n) is 33.1. The molecule has 0 aromatic rings. The Hall–Kier alpha value is -3.41. The lowest BCUT2D eigenvalue weighted by Gasteiger charge is -2.18. The highest BCUT2D eigenvalue weighted by Crippen LogP contribution is 2.16. The molecule has 1 atom stereocenters. The van der Waals surface area contributed by atoms with Gasteiger partial charge in [0.15, 0.2) is 6.10 Å². The maximum absolute atomic E-state index is 12.9. The minimum absolute atomic E-state index is 0.0838. The fraction of sp³-hybridized carbons (Fsp3) is 0.761. The number of rotatable bonds is 60. The van der Waals surface area contributed by atoms with E-state index in [1.165, 1.54) is 180 Å². The van der Waals surface area contributed by atoms with Crippen LogP contribution in [0.3, 0.4) is 0 Å². The monoisotopic (exact) mass is 1070 g/mol. The molecule has 6 heteroatoms. The van der Waals surface area contributed by atoms with Gasteiger partial charge in [-0.05, 0) is 116 Å². The Morgan fingerprint density at radius 2 is 0.506 bits per heavy atom. The predicted molar refractivity (Wildman–Crippen MR) is 334 cm³/mol. The summed E-state index contributed by atoms with van der Waals surface area (Å²) < 4.78 is 16.9. The second kappa shape index (κ2) is 65.1. The van der Waals surface area contributed by atoms with Gasteiger partial charge < -0.3 is 14.2 Å². The third-order valence-corrected chi connectivity index (χ3v) is 14.4. The van der Waals surface area contributed by atoms with Crippen molar-refractivity contribution in [3.05, 3.63) is 85.1 Å². The van der Waals surface area contributed by atoms with Crippen molar-refractivity contribution >= 4 is 17.9 Å². The van der Waals surface area contributed by atoms with E-state index in [0.29, 0.717) is 19.3 Å². The average molecular weight is 1070 g/mol. The van der Waals surface area contributed by atoms with Gasteiger partial charge >= 0.3 is 17.9 Å². The summed E-state index contributed by atoms with van der Waals surface area (Å²) >= 11 is 0. The van der Waals surface area contributed by atoms with Gasteiger partial charge in [0.25, 0.3) is 0 Å². The third kappa shape index (κ3) is 63.3. The van der Waals surface area contributed by atoms with Gasteiger partial charge in [0, 0.05) is 19.3 Å². The standard InChI is InChI=1S/C71H124O6/c1-4-7-10-13-16-19-22-25-28-30-32-34-35-37-38-40-43-46-49-52-55-58-61-64-70(73)76-67-68(66-75-69(72)63-60-57-54-51-48-45-42-27-24-21-18-15-12-9-6-3)77-71(74)65-62-59-56-53-50-47-44-41-39-36-33-31-29-26-23-20-17-14-11-8-5-2/h9,12,18,21-23,25-27,30-33,42,68H,4-8,10-11,13-17,19-20,24,28-29,34-41,43-67H2,1-3H3/b12-9-,21-18-,25-22-,26-23-,32-30-,33-31-,42-27-. The molecule has 0 aliphatic carbocycles. The summed E-state index contributed by atoms with van der Waals surface area (Å²) in [4.78, 5) is 38.4. The van der Waals surface area contributed by atoms with Crippen molar-refractivity contribution < 1.29 is 28.6 Å². The zero-order valence-electron chi connectivity index (χ0n) is 51.0. The fourth-order valence-electron chi connectivity index (χ4n) is 9.40. The maximum atomic E-state index is 12.9. The van der Waals surface area contributed by atoms with Crippen LogP contribution in [-0.4, -0.2) is 37.2 Å². The molecule has 0 aromatic carbocycles. The molecule has 0 fully saturated rings.